The van der Waals surface area contributed by atoms with Gasteiger partial charge in [-0.1, -0.05) is 24.3 Å². The Morgan fingerprint density at radius 3 is 2.46 bits per heavy atom. The SMILES string of the molecule is O=c1c2cnc3nc4ccccc4n3c2ccn1-c1ccccc1C(F)(F)F. The highest BCUT2D eigenvalue weighted by Crippen LogP contribution is 2.33. The number of hydrogen-bond acceptors (Lipinski definition) is 3. The number of aromatic nitrogens is 4. The van der Waals surface area contributed by atoms with Crippen LogP contribution >= 0.6 is 0 Å². The highest BCUT2D eigenvalue weighted by atomic mass is 19.4. The summed E-state index contributed by atoms with van der Waals surface area (Å²) in [5, 5.41) is 0.204. The Hall–Kier alpha value is -3.68. The molecule has 138 valence electrons. The van der Waals surface area contributed by atoms with Crippen LogP contribution in [0.25, 0.3) is 33.4 Å². The van der Waals surface area contributed by atoms with E-state index in [-0.39, 0.29) is 11.1 Å². The lowest BCUT2D eigenvalue weighted by Crippen LogP contribution is -2.22. The van der Waals surface area contributed by atoms with Crippen molar-refractivity contribution in [2.75, 3.05) is 0 Å². The number of nitrogens with zero attached hydrogens (tertiary/aromatic N) is 4. The third-order valence-electron chi connectivity index (χ3n) is 4.67. The predicted molar refractivity (Wildman–Crippen MR) is 98.6 cm³/mol. The van der Waals surface area contributed by atoms with E-state index in [1.807, 2.05) is 24.3 Å². The summed E-state index contributed by atoms with van der Waals surface area (Å²) in [5.41, 5.74) is 0.333. The van der Waals surface area contributed by atoms with Gasteiger partial charge in [0.2, 0.25) is 5.78 Å². The van der Waals surface area contributed by atoms with E-state index in [9.17, 15) is 18.0 Å². The Labute approximate surface area is 155 Å². The van der Waals surface area contributed by atoms with Gasteiger partial charge >= 0.3 is 6.18 Å². The maximum Gasteiger partial charge on any atom is 0.418 e. The van der Waals surface area contributed by atoms with E-state index in [4.69, 9.17) is 0 Å². The summed E-state index contributed by atoms with van der Waals surface area (Å²) in [6.45, 7) is 0. The van der Waals surface area contributed by atoms with E-state index in [0.717, 1.165) is 16.2 Å². The van der Waals surface area contributed by atoms with Gasteiger partial charge in [-0.3, -0.25) is 13.8 Å². The van der Waals surface area contributed by atoms with Crippen molar-refractivity contribution in [3.05, 3.63) is 82.9 Å². The Morgan fingerprint density at radius 1 is 0.893 bits per heavy atom. The number of hydrogen-bond donors (Lipinski definition) is 0. The topological polar surface area (TPSA) is 52.2 Å². The van der Waals surface area contributed by atoms with Crippen LogP contribution in [-0.2, 0) is 6.18 Å². The normalized spacial score (nSPS) is 12.2. The molecular formula is C20H11F3N4O. The van der Waals surface area contributed by atoms with E-state index >= 15 is 0 Å². The number of imidazole rings is 1. The number of halogens is 3. The minimum absolute atomic E-state index is 0.204. The smallest absolute Gasteiger partial charge is 0.283 e. The van der Waals surface area contributed by atoms with E-state index in [2.05, 4.69) is 9.97 Å². The van der Waals surface area contributed by atoms with Gasteiger partial charge in [0.15, 0.2) is 0 Å². The second kappa shape index (κ2) is 5.66. The number of pyridine rings is 1. The molecule has 0 fully saturated rings. The molecule has 5 aromatic rings. The van der Waals surface area contributed by atoms with Crippen LogP contribution in [0.4, 0.5) is 13.2 Å². The van der Waals surface area contributed by atoms with E-state index in [1.165, 1.54) is 30.6 Å². The Bertz CT molecular complexity index is 1430. The van der Waals surface area contributed by atoms with Crippen LogP contribution < -0.4 is 5.56 Å². The number of fused-ring (bicyclic) bond motifs is 5. The van der Waals surface area contributed by atoms with Gasteiger partial charge in [0.05, 0.1) is 33.2 Å². The molecule has 5 nitrogen and oxygen atoms in total. The fraction of sp³-hybridized carbons (Fsp3) is 0.0500. The lowest BCUT2D eigenvalue weighted by Gasteiger charge is -2.15. The van der Waals surface area contributed by atoms with Gasteiger partial charge in [-0.2, -0.15) is 13.2 Å². The van der Waals surface area contributed by atoms with Crippen LogP contribution in [0.1, 0.15) is 5.56 Å². The largest absolute Gasteiger partial charge is 0.418 e. The van der Waals surface area contributed by atoms with Crippen molar-refractivity contribution in [2.24, 2.45) is 0 Å². The Balaban J connectivity index is 1.86. The molecule has 0 aliphatic rings. The zero-order valence-corrected chi connectivity index (χ0v) is 14.2. The molecule has 3 heterocycles. The fourth-order valence-electron chi connectivity index (χ4n) is 3.43. The maximum atomic E-state index is 13.4. The Morgan fingerprint density at radius 2 is 1.64 bits per heavy atom. The van der Waals surface area contributed by atoms with Gasteiger partial charge in [-0.25, -0.2) is 9.97 Å². The average molecular weight is 380 g/mol. The first-order valence-electron chi connectivity index (χ1n) is 8.39. The number of para-hydroxylation sites is 3. The quantitative estimate of drug-likeness (QED) is 0.438. The van der Waals surface area contributed by atoms with Crippen LogP contribution in [-0.4, -0.2) is 18.9 Å². The molecule has 0 aliphatic heterocycles. The standard InChI is InChI=1S/C20H11F3N4O/c21-20(22,23)13-5-1-3-7-16(13)26-10-9-15-12(18(26)28)11-24-19-25-14-6-2-4-8-17(14)27(15)19/h1-11H. The molecule has 0 saturated heterocycles. The van der Waals surface area contributed by atoms with Crippen molar-refractivity contribution < 1.29 is 13.2 Å². The summed E-state index contributed by atoms with van der Waals surface area (Å²) in [6, 6.07) is 14.0. The number of rotatable bonds is 1. The van der Waals surface area contributed by atoms with Crippen molar-refractivity contribution in [1.29, 1.82) is 0 Å². The lowest BCUT2D eigenvalue weighted by atomic mass is 10.1. The summed E-state index contributed by atoms with van der Waals surface area (Å²) in [7, 11) is 0. The van der Waals surface area contributed by atoms with Crippen molar-refractivity contribution in [1.82, 2.24) is 18.9 Å². The molecule has 2 aromatic carbocycles. The molecule has 0 aliphatic carbocycles. The predicted octanol–water partition coefficient (Wildman–Crippen LogP) is 4.21. The third kappa shape index (κ3) is 2.31. The van der Waals surface area contributed by atoms with Gasteiger partial charge in [0, 0.05) is 12.4 Å². The zero-order chi connectivity index (χ0) is 19.5. The van der Waals surface area contributed by atoms with Gasteiger partial charge < -0.3 is 0 Å². The third-order valence-corrected chi connectivity index (χ3v) is 4.67. The van der Waals surface area contributed by atoms with Crippen LogP contribution in [0.3, 0.4) is 0 Å². The van der Waals surface area contributed by atoms with E-state index in [1.54, 1.807) is 10.5 Å². The van der Waals surface area contributed by atoms with Crippen molar-refractivity contribution in [2.45, 2.75) is 6.18 Å². The molecule has 0 spiro atoms. The van der Waals surface area contributed by atoms with Crippen LogP contribution in [0, 0.1) is 0 Å². The molecule has 0 amide bonds. The first-order chi connectivity index (χ1) is 13.4. The van der Waals surface area contributed by atoms with Crippen molar-refractivity contribution in [3.63, 3.8) is 0 Å². The fourth-order valence-corrected chi connectivity index (χ4v) is 3.43. The summed E-state index contributed by atoms with van der Waals surface area (Å²) >= 11 is 0. The summed E-state index contributed by atoms with van der Waals surface area (Å²) in [5.74, 6) is 0.418. The second-order valence-corrected chi connectivity index (χ2v) is 6.30. The molecule has 0 radical (unpaired) electrons. The van der Waals surface area contributed by atoms with Gasteiger partial charge in [0.1, 0.15) is 0 Å². The number of alkyl halides is 3. The van der Waals surface area contributed by atoms with Crippen LogP contribution in [0.2, 0.25) is 0 Å². The van der Waals surface area contributed by atoms with Crippen LogP contribution in [0.5, 0.6) is 0 Å². The maximum absolute atomic E-state index is 13.4. The van der Waals surface area contributed by atoms with E-state index < -0.39 is 17.3 Å². The van der Waals surface area contributed by atoms with E-state index in [0.29, 0.717) is 16.8 Å². The Kier molecular flexibility index (Phi) is 3.33. The van der Waals surface area contributed by atoms with Gasteiger partial charge in [0.25, 0.3) is 5.56 Å². The zero-order valence-electron chi connectivity index (χ0n) is 14.2. The molecule has 3 aromatic heterocycles. The van der Waals surface area contributed by atoms with Gasteiger partial charge in [-0.15, -0.1) is 0 Å². The molecule has 0 bridgehead atoms. The first-order valence-corrected chi connectivity index (χ1v) is 8.39. The highest BCUT2D eigenvalue weighted by Gasteiger charge is 2.34. The number of benzene rings is 2. The highest BCUT2D eigenvalue weighted by molar-refractivity contribution is 5.88. The molecule has 0 unspecified atom stereocenters. The second-order valence-electron chi connectivity index (χ2n) is 6.30. The lowest BCUT2D eigenvalue weighted by molar-refractivity contribution is -0.137. The molecule has 8 heteroatoms. The molecule has 0 N–H and O–H groups in total. The molecule has 5 rings (SSSR count). The summed E-state index contributed by atoms with van der Waals surface area (Å²) in [4.78, 5) is 21.7. The molecule has 0 atom stereocenters. The monoisotopic (exact) mass is 380 g/mol. The minimum Gasteiger partial charge on any atom is -0.283 e. The summed E-state index contributed by atoms with van der Waals surface area (Å²) < 4.78 is 42.9. The molecule has 0 saturated carbocycles. The average Bonchev–Trinajstić information content (AvgIpc) is 3.06. The first kappa shape index (κ1) is 16.5. The van der Waals surface area contributed by atoms with Gasteiger partial charge in [-0.05, 0) is 30.3 Å². The molecule has 28 heavy (non-hydrogen) atoms. The van der Waals surface area contributed by atoms with Crippen molar-refractivity contribution in [3.8, 4) is 5.69 Å². The minimum atomic E-state index is -4.58. The van der Waals surface area contributed by atoms with Crippen LogP contribution in [0.15, 0.2) is 71.8 Å². The molecular weight excluding hydrogens is 369 g/mol. The van der Waals surface area contributed by atoms with Crippen molar-refractivity contribution >= 4 is 27.7 Å². The summed E-state index contributed by atoms with van der Waals surface area (Å²) in [6.07, 6.45) is -1.87.